The Morgan fingerprint density at radius 2 is 1.76 bits per heavy atom. The molecule has 6 nitrogen and oxygen atoms in total. The Hall–Kier alpha value is -2.67. The predicted octanol–water partition coefficient (Wildman–Crippen LogP) is 2.06. The number of methoxy groups -OCH3 is 1. The maximum atomic E-state index is 12.4. The van der Waals surface area contributed by atoms with E-state index in [4.69, 9.17) is 5.73 Å². The Bertz CT molecular complexity index is 790. The molecule has 2 amide bonds. The molecule has 25 heavy (non-hydrogen) atoms. The molecular formula is C18H17BrN2O4. The third-order valence-corrected chi connectivity index (χ3v) is 4.08. The van der Waals surface area contributed by atoms with Crippen molar-refractivity contribution in [2.75, 3.05) is 7.11 Å². The Labute approximate surface area is 153 Å². The molecular weight excluding hydrogens is 388 g/mol. The van der Waals surface area contributed by atoms with Crippen LogP contribution in [0.25, 0.3) is 0 Å². The Kier molecular flexibility index (Phi) is 6.30. The van der Waals surface area contributed by atoms with Crippen LogP contribution < -0.4 is 11.1 Å². The van der Waals surface area contributed by atoms with Gasteiger partial charge in [0, 0.05) is 16.5 Å². The van der Waals surface area contributed by atoms with Crippen molar-refractivity contribution in [1.29, 1.82) is 0 Å². The first-order valence-corrected chi connectivity index (χ1v) is 8.23. The van der Waals surface area contributed by atoms with E-state index in [-0.39, 0.29) is 17.5 Å². The molecule has 0 aliphatic carbocycles. The van der Waals surface area contributed by atoms with Crippen molar-refractivity contribution in [2.24, 2.45) is 5.73 Å². The first-order valence-electron chi connectivity index (χ1n) is 7.43. The zero-order valence-corrected chi connectivity index (χ0v) is 15.1. The highest BCUT2D eigenvalue weighted by molar-refractivity contribution is 9.10. The minimum Gasteiger partial charge on any atom is -0.465 e. The van der Waals surface area contributed by atoms with Crippen molar-refractivity contribution < 1.29 is 19.1 Å². The molecule has 1 atom stereocenters. The van der Waals surface area contributed by atoms with E-state index < -0.39 is 23.8 Å². The highest BCUT2D eigenvalue weighted by Crippen LogP contribution is 2.13. The van der Waals surface area contributed by atoms with Crippen molar-refractivity contribution in [3.05, 3.63) is 69.7 Å². The third kappa shape index (κ3) is 5.15. The van der Waals surface area contributed by atoms with Gasteiger partial charge in [0.05, 0.1) is 12.7 Å². The number of primary amides is 1. The van der Waals surface area contributed by atoms with Gasteiger partial charge in [0.25, 0.3) is 5.91 Å². The summed E-state index contributed by atoms with van der Waals surface area (Å²) < 4.78 is 5.54. The highest BCUT2D eigenvalue weighted by Gasteiger charge is 2.20. The van der Waals surface area contributed by atoms with E-state index in [9.17, 15) is 14.4 Å². The summed E-state index contributed by atoms with van der Waals surface area (Å²) in [6.07, 6.45) is 0.269. The average Bonchev–Trinajstić information content (AvgIpc) is 2.62. The molecule has 0 radical (unpaired) electrons. The van der Waals surface area contributed by atoms with Crippen LogP contribution in [0.3, 0.4) is 0 Å². The van der Waals surface area contributed by atoms with Crippen molar-refractivity contribution >= 4 is 33.7 Å². The quantitative estimate of drug-likeness (QED) is 0.719. The van der Waals surface area contributed by atoms with Crippen LogP contribution >= 0.6 is 15.9 Å². The molecule has 0 bridgehead atoms. The van der Waals surface area contributed by atoms with E-state index in [1.807, 2.05) is 24.3 Å². The topological polar surface area (TPSA) is 98.5 Å². The molecule has 0 saturated heterocycles. The SMILES string of the molecule is COC(=O)c1cccc(C(=O)N[C@@H](Cc2ccc(Br)cc2)C(N)=O)c1. The van der Waals surface area contributed by atoms with Gasteiger partial charge in [0.2, 0.25) is 5.91 Å². The molecule has 3 N–H and O–H groups in total. The molecule has 0 aliphatic heterocycles. The smallest absolute Gasteiger partial charge is 0.337 e. The van der Waals surface area contributed by atoms with Gasteiger partial charge in [-0.1, -0.05) is 34.1 Å². The summed E-state index contributed by atoms with van der Waals surface area (Å²) in [7, 11) is 1.26. The van der Waals surface area contributed by atoms with Crippen molar-refractivity contribution in [2.45, 2.75) is 12.5 Å². The van der Waals surface area contributed by atoms with Gasteiger partial charge in [-0.05, 0) is 35.9 Å². The summed E-state index contributed by atoms with van der Waals surface area (Å²) >= 11 is 3.34. The fourth-order valence-electron chi connectivity index (χ4n) is 2.23. The van der Waals surface area contributed by atoms with Crippen LogP contribution in [0.15, 0.2) is 53.0 Å². The minimum atomic E-state index is -0.865. The summed E-state index contributed by atoms with van der Waals surface area (Å²) in [5.41, 5.74) is 6.75. The maximum absolute atomic E-state index is 12.4. The number of hydrogen-bond acceptors (Lipinski definition) is 4. The van der Waals surface area contributed by atoms with Gasteiger partial charge < -0.3 is 15.8 Å². The fraction of sp³-hybridized carbons (Fsp3) is 0.167. The Morgan fingerprint density at radius 1 is 1.12 bits per heavy atom. The lowest BCUT2D eigenvalue weighted by Gasteiger charge is -2.16. The van der Waals surface area contributed by atoms with Gasteiger partial charge in [-0.3, -0.25) is 9.59 Å². The van der Waals surface area contributed by atoms with E-state index in [1.165, 1.54) is 19.2 Å². The second-order valence-electron chi connectivity index (χ2n) is 5.33. The number of nitrogens with two attached hydrogens (primary N) is 1. The molecule has 2 rings (SSSR count). The summed E-state index contributed by atoms with van der Waals surface area (Å²) in [6.45, 7) is 0. The number of esters is 1. The molecule has 0 saturated carbocycles. The summed E-state index contributed by atoms with van der Waals surface area (Å²) in [5, 5.41) is 2.60. The van der Waals surface area contributed by atoms with Crippen molar-refractivity contribution in [1.82, 2.24) is 5.32 Å². The lowest BCUT2D eigenvalue weighted by atomic mass is 10.0. The predicted molar refractivity (Wildman–Crippen MR) is 96.1 cm³/mol. The largest absolute Gasteiger partial charge is 0.465 e. The molecule has 2 aromatic carbocycles. The first kappa shape index (κ1) is 18.7. The number of amides is 2. The second-order valence-corrected chi connectivity index (χ2v) is 6.25. The van der Waals surface area contributed by atoms with Gasteiger partial charge in [0.15, 0.2) is 0 Å². The van der Waals surface area contributed by atoms with Crippen LogP contribution in [0.4, 0.5) is 0 Å². The number of ether oxygens (including phenoxy) is 1. The number of nitrogens with one attached hydrogen (secondary N) is 1. The molecule has 0 spiro atoms. The lowest BCUT2D eigenvalue weighted by molar-refractivity contribution is -0.119. The van der Waals surface area contributed by atoms with E-state index >= 15 is 0 Å². The number of halogens is 1. The molecule has 7 heteroatoms. The van der Waals surface area contributed by atoms with E-state index in [1.54, 1.807) is 12.1 Å². The monoisotopic (exact) mass is 404 g/mol. The zero-order valence-electron chi connectivity index (χ0n) is 13.5. The molecule has 0 unspecified atom stereocenters. The van der Waals surface area contributed by atoms with E-state index in [2.05, 4.69) is 26.0 Å². The number of carbonyl (C=O) groups excluding carboxylic acids is 3. The maximum Gasteiger partial charge on any atom is 0.337 e. The summed E-state index contributed by atoms with van der Waals surface area (Å²) in [5.74, 6) is -1.68. The highest BCUT2D eigenvalue weighted by atomic mass is 79.9. The Balaban J connectivity index is 2.13. The molecule has 130 valence electrons. The van der Waals surface area contributed by atoms with Crippen LogP contribution in [-0.4, -0.2) is 30.9 Å². The van der Waals surface area contributed by atoms with Crippen LogP contribution in [-0.2, 0) is 16.0 Å². The van der Waals surface area contributed by atoms with Gasteiger partial charge in [0.1, 0.15) is 6.04 Å². The van der Waals surface area contributed by atoms with E-state index in [0.717, 1.165) is 10.0 Å². The number of benzene rings is 2. The number of rotatable bonds is 6. The molecule has 0 aromatic heterocycles. The van der Waals surface area contributed by atoms with Crippen molar-refractivity contribution in [3.8, 4) is 0 Å². The zero-order chi connectivity index (χ0) is 18.4. The van der Waals surface area contributed by atoms with Gasteiger partial charge in [-0.15, -0.1) is 0 Å². The molecule has 2 aromatic rings. The second kappa shape index (κ2) is 8.43. The van der Waals surface area contributed by atoms with Crippen LogP contribution in [0.5, 0.6) is 0 Å². The minimum absolute atomic E-state index is 0.241. The van der Waals surface area contributed by atoms with Gasteiger partial charge in [-0.2, -0.15) is 0 Å². The van der Waals surface area contributed by atoms with Crippen molar-refractivity contribution in [3.63, 3.8) is 0 Å². The van der Waals surface area contributed by atoms with Gasteiger partial charge in [-0.25, -0.2) is 4.79 Å². The Morgan fingerprint density at radius 3 is 2.36 bits per heavy atom. The molecule has 0 heterocycles. The van der Waals surface area contributed by atoms with Crippen LogP contribution in [0.2, 0.25) is 0 Å². The number of hydrogen-bond donors (Lipinski definition) is 2. The molecule has 0 aliphatic rings. The average molecular weight is 405 g/mol. The van der Waals surface area contributed by atoms with Gasteiger partial charge >= 0.3 is 5.97 Å². The number of carbonyl (C=O) groups is 3. The lowest BCUT2D eigenvalue weighted by Crippen LogP contribution is -2.45. The van der Waals surface area contributed by atoms with Crippen LogP contribution in [0.1, 0.15) is 26.3 Å². The molecule has 0 fully saturated rings. The third-order valence-electron chi connectivity index (χ3n) is 3.55. The van der Waals surface area contributed by atoms with Crippen LogP contribution in [0, 0.1) is 0 Å². The standard InChI is InChI=1S/C18H17BrN2O4/c1-25-18(24)13-4-2-3-12(10-13)17(23)21-15(16(20)22)9-11-5-7-14(19)8-6-11/h2-8,10,15H,9H2,1H3,(H2,20,22)(H,21,23)/t15-/m0/s1. The van der Waals surface area contributed by atoms with E-state index in [0.29, 0.717) is 0 Å². The fourth-order valence-corrected chi connectivity index (χ4v) is 2.49. The summed E-state index contributed by atoms with van der Waals surface area (Å²) in [4.78, 5) is 35.6. The normalized spacial score (nSPS) is 11.4. The summed E-state index contributed by atoms with van der Waals surface area (Å²) in [6, 6.07) is 12.5. The first-order chi connectivity index (χ1) is 11.9.